The van der Waals surface area contributed by atoms with Gasteiger partial charge in [0.2, 0.25) is 0 Å². The van der Waals surface area contributed by atoms with Gasteiger partial charge in [0, 0.05) is 5.56 Å². The van der Waals surface area contributed by atoms with E-state index in [-0.39, 0.29) is 6.04 Å². The van der Waals surface area contributed by atoms with E-state index in [9.17, 15) is 0 Å². The second kappa shape index (κ2) is 5.17. The molecular weight excluding hydrogens is 250 g/mol. The molecule has 3 nitrogen and oxygen atoms in total. The van der Waals surface area contributed by atoms with Crippen molar-refractivity contribution in [2.24, 2.45) is 5.73 Å². The van der Waals surface area contributed by atoms with Gasteiger partial charge < -0.3 is 15.2 Å². The van der Waals surface area contributed by atoms with Crippen LogP contribution in [-0.2, 0) is 0 Å². The molecule has 2 aromatic carbocycles. The maximum Gasteiger partial charge on any atom is 0.166 e. The lowest BCUT2D eigenvalue weighted by atomic mass is 9.93. The van der Waals surface area contributed by atoms with Crippen molar-refractivity contribution in [3.05, 3.63) is 58.7 Å². The van der Waals surface area contributed by atoms with Gasteiger partial charge in [-0.25, -0.2) is 0 Å². The van der Waals surface area contributed by atoms with Gasteiger partial charge in [0.25, 0.3) is 0 Å². The van der Waals surface area contributed by atoms with Crippen molar-refractivity contribution in [1.82, 2.24) is 0 Å². The Balaban J connectivity index is 2.04. The Bertz CT molecular complexity index is 637. The fraction of sp³-hybridized carbons (Fsp3) is 0.294. The molecule has 0 saturated heterocycles. The maximum absolute atomic E-state index is 6.46. The van der Waals surface area contributed by atoms with Gasteiger partial charge in [0.1, 0.15) is 13.2 Å². The molecule has 0 saturated carbocycles. The second-order valence-corrected chi connectivity index (χ2v) is 5.21. The van der Waals surface area contributed by atoms with E-state index in [4.69, 9.17) is 15.2 Å². The molecule has 0 spiro atoms. The molecule has 3 heteroatoms. The van der Waals surface area contributed by atoms with E-state index in [2.05, 4.69) is 32.0 Å². The topological polar surface area (TPSA) is 44.5 Å². The summed E-state index contributed by atoms with van der Waals surface area (Å²) in [6, 6.07) is 12.0. The summed E-state index contributed by atoms with van der Waals surface area (Å²) in [4.78, 5) is 0. The molecule has 0 fully saturated rings. The second-order valence-electron chi connectivity index (χ2n) is 5.21. The Hall–Kier alpha value is -2.00. The fourth-order valence-corrected chi connectivity index (χ4v) is 2.68. The van der Waals surface area contributed by atoms with E-state index in [1.807, 2.05) is 18.2 Å². The van der Waals surface area contributed by atoms with Crippen molar-refractivity contribution in [3.8, 4) is 11.5 Å². The lowest BCUT2D eigenvalue weighted by Crippen LogP contribution is -2.20. The number of benzene rings is 2. The monoisotopic (exact) mass is 269 g/mol. The molecule has 1 atom stereocenters. The van der Waals surface area contributed by atoms with Gasteiger partial charge in [-0.15, -0.1) is 0 Å². The van der Waals surface area contributed by atoms with Crippen LogP contribution in [0.1, 0.15) is 28.3 Å². The molecule has 1 unspecified atom stereocenters. The summed E-state index contributed by atoms with van der Waals surface area (Å²) in [5, 5.41) is 0. The molecule has 0 aliphatic carbocycles. The summed E-state index contributed by atoms with van der Waals surface area (Å²) in [6.45, 7) is 5.34. The molecule has 0 aromatic heterocycles. The summed E-state index contributed by atoms with van der Waals surface area (Å²) in [6.07, 6.45) is 0. The largest absolute Gasteiger partial charge is 0.486 e. The predicted molar refractivity (Wildman–Crippen MR) is 79.4 cm³/mol. The molecule has 0 bridgehead atoms. The van der Waals surface area contributed by atoms with E-state index >= 15 is 0 Å². The number of hydrogen-bond acceptors (Lipinski definition) is 3. The van der Waals surface area contributed by atoms with Crippen LogP contribution in [0.2, 0.25) is 0 Å². The van der Waals surface area contributed by atoms with Crippen LogP contribution < -0.4 is 15.2 Å². The molecule has 1 aliphatic heterocycles. The third-order valence-electron chi connectivity index (χ3n) is 3.69. The van der Waals surface area contributed by atoms with Gasteiger partial charge in [0.15, 0.2) is 11.5 Å². The minimum atomic E-state index is -0.202. The first-order chi connectivity index (χ1) is 9.66. The van der Waals surface area contributed by atoms with Crippen LogP contribution >= 0.6 is 0 Å². The molecule has 1 heterocycles. The first-order valence-electron chi connectivity index (χ1n) is 6.88. The van der Waals surface area contributed by atoms with Crippen molar-refractivity contribution < 1.29 is 9.47 Å². The van der Waals surface area contributed by atoms with E-state index in [0.717, 1.165) is 22.6 Å². The van der Waals surface area contributed by atoms with Gasteiger partial charge in [-0.1, -0.05) is 35.9 Å². The highest BCUT2D eigenvalue weighted by Gasteiger charge is 2.21. The average molecular weight is 269 g/mol. The van der Waals surface area contributed by atoms with Gasteiger partial charge >= 0.3 is 0 Å². The lowest BCUT2D eigenvalue weighted by Gasteiger charge is -2.24. The first-order valence-corrected chi connectivity index (χ1v) is 6.88. The molecule has 3 rings (SSSR count). The zero-order valence-electron chi connectivity index (χ0n) is 11.8. The minimum Gasteiger partial charge on any atom is -0.486 e. The Morgan fingerprint density at radius 2 is 1.80 bits per heavy atom. The quantitative estimate of drug-likeness (QED) is 0.911. The van der Waals surface area contributed by atoms with Crippen LogP contribution in [0.25, 0.3) is 0 Å². The third kappa shape index (κ3) is 2.25. The smallest absolute Gasteiger partial charge is 0.166 e. The molecule has 0 amide bonds. The van der Waals surface area contributed by atoms with Crippen molar-refractivity contribution in [2.75, 3.05) is 13.2 Å². The van der Waals surface area contributed by atoms with Crippen LogP contribution in [0.5, 0.6) is 11.5 Å². The number of para-hydroxylation sites is 1. The van der Waals surface area contributed by atoms with Crippen molar-refractivity contribution >= 4 is 0 Å². The SMILES string of the molecule is Cc1ccc(C(N)c2cccc3c2OCCO3)c(C)c1. The van der Waals surface area contributed by atoms with Gasteiger partial charge in [0.05, 0.1) is 6.04 Å². The van der Waals surface area contributed by atoms with Crippen molar-refractivity contribution in [3.63, 3.8) is 0 Å². The fourth-order valence-electron chi connectivity index (χ4n) is 2.68. The van der Waals surface area contributed by atoms with E-state index < -0.39 is 0 Å². The first kappa shape index (κ1) is 13.0. The van der Waals surface area contributed by atoms with Crippen LogP contribution in [-0.4, -0.2) is 13.2 Å². The standard InChI is InChI=1S/C17H19NO2/c1-11-6-7-13(12(2)10-11)16(18)14-4-3-5-15-17(14)20-9-8-19-15/h3-7,10,16H,8-9,18H2,1-2H3. The molecule has 1 aliphatic rings. The normalized spacial score (nSPS) is 14.9. The predicted octanol–water partition coefficient (Wildman–Crippen LogP) is 3.12. The Labute approximate surface area is 119 Å². The Morgan fingerprint density at radius 1 is 1.00 bits per heavy atom. The van der Waals surface area contributed by atoms with Crippen LogP contribution in [0.3, 0.4) is 0 Å². The van der Waals surface area contributed by atoms with E-state index in [1.165, 1.54) is 11.1 Å². The molecule has 2 aromatic rings. The molecule has 2 N–H and O–H groups in total. The summed E-state index contributed by atoms with van der Waals surface area (Å²) in [5.74, 6) is 1.57. The minimum absolute atomic E-state index is 0.202. The number of hydrogen-bond donors (Lipinski definition) is 1. The molecule has 104 valence electrons. The summed E-state index contributed by atoms with van der Waals surface area (Å²) < 4.78 is 11.4. The van der Waals surface area contributed by atoms with E-state index in [0.29, 0.717) is 13.2 Å². The third-order valence-corrected chi connectivity index (χ3v) is 3.69. The highest BCUT2D eigenvalue weighted by molar-refractivity contribution is 5.52. The van der Waals surface area contributed by atoms with Crippen LogP contribution in [0, 0.1) is 13.8 Å². The summed E-state index contributed by atoms with van der Waals surface area (Å²) >= 11 is 0. The van der Waals surface area contributed by atoms with Gasteiger partial charge in [-0.05, 0) is 31.0 Å². The van der Waals surface area contributed by atoms with Gasteiger partial charge in [-0.3, -0.25) is 0 Å². The Kier molecular flexibility index (Phi) is 3.36. The lowest BCUT2D eigenvalue weighted by molar-refractivity contribution is 0.169. The number of ether oxygens (including phenoxy) is 2. The average Bonchev–Trinajstić information content (AvgIpc) is 2.46. The Morgan fingerprint density at radius 3 is 2.60 bits per heavy atom. The number of fused-ring (bicyclic) bond motifs is 1. The molecule has 0 radical (unpaired) electrons. The molecular formula is C17H19NO2. The number of rotatable bonds is 2. The van der Waals surface area contributed by atoms with Gasteiger partial charge in [-0.2, -0.15) is 0 Å². The summed E-state index contributed by atoms with van der Waals surface area (Å²) in [7, 11) is 0. The number of aryl methyl sites for hydroxylation is 2. The highest BCUT2D eigenvalue weighted by atomic mass is 16.6. The molecule has 20 heavy (non-hydrogen) atoms. The van der Waals surface area contributed by atoms with Crippen molar-refractivity contribution in [1.29, 1.82) is 0 Å². The zero-order chi connectivity index (χ0) is 14.1. The highest BCUT2D eigenvalue weighted by Crippen LogP contribution is 2.38. The van der Waals surface area contributed by atoms with Crippen molar-refractivity contribution in [2.45, 2.75) is 19.9 Å². The number of nitrogens with two attached hydrogens (primary N) is 1. The van der Waals surface area contributed by atoms with Crippen LogP contribution in [0.15, 0.2) is 36.4 Å². The van der Waals surface area contributed by atoms with Crippen LogP contribution in [0.4, 0.5) is 0 Å². The summed E-state index contributed by atoms with van der Waals surface area (Å²) in [5.41, 5.74) is 11.0. The zero-order valence-corrected chi connectivity index (χ0v) is 11.8. The van der Waals surface area contributed by atoms with E-state index in [1.54, 1.807) is 0 Å². The maximum atomic E-state index is 6.46.